The van der Waals surface area contributed by atoms with Crippen molar-refractivity contribution in [2.75, 3.05) is 11.9 Å². The molecule has 0 unspecified atom stereocenters. The molecular weight excluding hydrogens is 316 g/mol. The van der Waals surface area contributed by atoms with Gasteiger partial charge in [-0.3, -0.25) is 4.55 Å². The molecule has 0 atom stereocenters. The van der Waals surface area contributed by atoms with Crippen LogP contribution in [0.15, 0.2) is 53.4 Å². The Bertz CT molecular complexity index is 786. The molecule has 0 aliphatic rings. The fourth-order valence-electron chi connectivity index (χ4n) is 1.98. The molecule has 7 heteroatoms. The number of aryl methyl sites for hydroxylation is 1. The lowest BCUT2D eigenvalue weighted by molar-refractivity contribution is 0.252. The Morgan fingerprint density at radius 2 is 1.83 bits per heavy atom. The molecule has 2 rings (SSSR count). The van der Waals surface area contributed by atoms with Gasteiger partial charge in [0.2, 0.25) is 0 Å². The van der Waals surface area contributed by atoms with E-state index in [2.05, 4.69) is 10.6 Å². The molecule has 0 aliphatic heterocycles. The summed E-state index contributed by atoms with van der Waals surface area (Å²) in [4.78, 5) is 11.5. The number of anilines is 1. The van der Waals surface area contributed by atoms with Gasteiger partial charge in [-0.1, -0.05) is 35.9 Å². The minimum Gasteiger partial charge on any atom is -0.338 e. The molecule has 0 aromatic heterocycles. The molecule has 6 nitrogen and oxygen atoms in total. The Hall–Kier alpha value is -2.38. The van der Waals surface area contributed by atoms with Crippen molar-refractivity contribution in [2.24, 2.45) is 0 Å². The lowest BCUT2D eigenvalue weighted by Gasteiger charge is -2.08. The van der Waals surface area contributed by atoms with E-state index in [0.717, 1.165) is 5.56 Å². The van der Waals surface area contributed by atoms with Gasteiger partial charge in [-0.2, -0.15) is 8.42 Å². The van der Waals surface area contributed by atoms with Crippen LogP contribution in [0.4, 0.5) is 10.5 Å². The van der Waals surface area contributed by atoms with E-state index in [9.17, 15) is 13.2 Å². The first-order chi connectivity index (χ1) is 10.8. The van der Waals surface area contributed by atoms with Crippen LogP contribution in [-0.2, 0) is 16.5 Å². The van der Waals surface area contributed by atoms with Crippen molar-refractivity contribution in [3.63, 3.8) is 0 Å². The highest BCUT2D eigenvalue weighted by atomic mass is 32.2. The van der Waals surface area contributed by atoms with E-state index in [1.165, 1.54) is 29.8 Å². The minimum atomic E-state index is -4.29. The Morgan fingerprint density at radius 3 is 2.48 bits per heavy atom. The highest BCUT2D eigenvalue weighted by molar-refractivity contribution is 7.85. The molecule has 0 radical (unpaired) electrons. The summed E-state index contributed by atoms with van der Waals surface area (Å²) in [5, 5.41) is 5.21. The largest absolute Gasteiger partial charge is 0.338 e. The van der Waals surface area contributed by atoms with Gasteiger partial charge >= 0.3 is 6.03 Å². The summed E-state index contributed by atoms with van der Waals surface area (Å²) in [6, 6.07) is 13.0. The SMILES string of the molecule is Cc1ccc(CCNC(=O)Nc2cccc(S(=O)(=O)O)c2)cc1. The van der Waals surface area contributed by atoms with Crippen LogP contribution in [0, 0.1) is 6.92 Å². The third kappa shape index (κ3) is 5.39. The first-order valence-electron chi connectivity index (χ1n) is 7.02. The van der Waals surface area contributed by atoms with Crippen molar-refractivity contribution in [1.29, 1.82) is 0 Å². The maximum atomic E-state index is 11.8. The van der Waals surface area contributed by atoms with Crippen molar-refractivity contribution in [3.05, 3.63) is 59.7 Å². The van der Waals surface area contributed by atoms with Crippen LogP contribution in [0.25, 0.3) is 0 Å². The number of amides is 2. The summed E-state index contributed by atoms with van der Waals surface area (Å²) in [6.07, 6.45) is 0.693. The third-order valence-corrected chi connectivity index (χ3v) is 4.06. The standard InChI is InChI=1S/C16H18N2O4S/c1-12-5-7-13(8-6-12)9-10-17-16(19)18-14-3-2-4-15(11-14)23(20,21)22/h2-8,11H,9-10H2,1H3,(H2,17,18,19)(H,20,21,22). The van der Waals surface area contributed by atoms with Gasteiger partial charge in [0.05, 0.1) is 4.90 Å². The molecule has 0 bridgehead atoms. The monoisotopic (exact) mass is 334 g/mol. The van der Waals surface area contributed by atoms with Gasteiger partial charge in [-0.15, -0.1) is 0 Å². The molecule has 0 spiro atoms. The highest BCUT2D eigenvalue weighted by Gasteiger charge is 2.10. The summed E-state index contributed by atoms with van der Waals surface area (Å²) in [5.74, 6) is 0. The van der Waals surface area contributed by atoms with Crippen molar-refractivity contribution < 1.29 is 17.8 Å². The summed E-state index contributed by atoms with van der Waals surface area (Å²) in [6.45, 7) is 2.46. The maximum Gasteiger partial charge on any atom is 0.319 e. The van der Waals surface area contributed by atoms with Crippen LogP contribution in [0.1, 0.15) is 11.1 Å². The number of rotatable bonds is 5. The molecule has 3 N–H and O–H groups in total. The second kappa shape index (κ2) is 7.26. The molecular formula is C16H18N2O4S. The van der Waals surface area contributed by atoms with Crippen LogP contribution >= 0.6 is 0 Å². The zero-order valence-corrected chi connectivity index (χ0v) is 13.4. The Labute approximate surface area is 135 Å². The topological polar surface area (TPSA) is 95.5 Å². The van der Waals surface area contributed by atoms with Crippen LogP contribution in [-0.4, -0.2) is 25.5 Å². The number of hydrogen-bond donors (Lipinski definition) is 3. The molecule has 23 heavy (non-hydrogen) atoms. The molecule has 122 valence electrons. The lowest BCUT2D eigenvalue weighted by atomic mass is 10.1. The molecule has 2 aromatic rings. The zero-order chi connectivity index (χ0) is 16.9. The summed E-state index contributed by atoms with van der Waals surface area (Å²) in [5.41, 5.74) is 2.58. The number of carbonyl (C=O) groups is 1. The van der Waals surface area contributed by atoms with Gasteiger partial charge in [-0.25, -0.2) is 4.79 Å². The van der Waals surface area contributed by atoms with E-state index in [4.69, 9.17) is 4.55 Å². The van der Waals surface area contributed by atoms with Crippen molar-refractivity contribution in [3.8, 4) is 0 Å². The number of benzene rings is 2. The minimum absolute atomic E-state index is 0.269. The second-order valence-electron chi connectivity index (χ2n) is 5.12. The average molecular weight is 334 g/mol. The van der Waals surface area contributed by atoms with Crippen LogP contribution in [0.5, 0.6) is 0 Å². The molecule has 0 fully saturated rings. The summed E-state index contributed by atoms with van der Waals surface area (Å²) < 4.78 is 31.1. The first kappa shape index (κ1) is 17.0. The van der Waals surface area contributed by atoms with E-state index in [1.54, 1.807) is 0 Å². The zero-order valence-electron chi connectivity index (χ0n) is 12.6. The van der Waals surface area contributed by atoms with E-state index >= 15 is 0 Å². The van der Waals surface area contributed by atoms with Gasteiger partial charge in [0.15, 0.2) is 0 Å². The molecule has 0 heterocycles. The quantitative estimate of drug-likeness (QED) is 0.732. The molecule has 0 saturated carbocycles. The van der Waals surface area contributed by atoms with Gasteiger partial charge in [0.1, 0.15) is 0 Å². The lowest BCUT2D eigenvalue weighted by Crippen LogP contribution is -2.30. The summed E-state index contributed by atoms with van der Waals surface area (Å²) >= 11 is 0. The van der Waals surface area contributed by atoms with Gasteiger partial charge < -0.3 is 10.6 Å². The average Bonchev–Trinajstić information content (AvgIpc) is 2.49. The predicted molar refractivity (Wildman–Crippen MR) is 88.2 cm³/mol. The maximum absolute atomic E-state index is 11.8. The summed E-state index contributed by atoms with van der Waals surface area (Å²) in [7, 11) is -4.29. The number of nitrogens with one attached hydrogen (secondary N) is 2. The molecule has 0 saturated heterocycles. The highest BCUT2D eigenvalue weighted by Crippen LogP contribution is 2.14. The number of carbonyl (C=O) groups excluding carboxylic acids is 1. The molecule has 2 amide bonds. The van der Waals surface area contributed by atoms with Crippen molar-refractivity contribution in [2.45, 2.75) is 18.2 Å². The fourth-order valence-corrected chi connectivity index (χ4v) is 2.51. The van der Waals surface area contributed by atoms with Crippen molar-refractivity contribution in [1.82, 2.24) is 5.32 Å². The smallest absolute Gasteiger partial charge is 0.319 e. The fraction of sp³-hybridized carbons (Fsp3) is 0.188. The van der Waals surface area contributed by atoms with E-state index in [0.29, 0.717) is 13.0 Å². The van der Waals surface area contributed by atoms with Gasteiger partial charge in [0, 0.05) is 12.2 Å². The Balaban J connectivity index is 1.86. The second-order valence-corrected chi connectivity index (χ2v) is 6.54. The third-order valence-electron chi connectivity index (χ3n) is 3.21. The van der Waals surface area contributed by atoms with Crippen LogP contribution in [0.3, 0.4) is 0 Å². The van der Waals surface area contributed by atoms with Gasteiger partial charge in [-0.05, 0) is 37.1 Å². The van der Waals surface area contributed by atoms with Crippen LogP contribution in [0.2, 0.25) is 0 Å². The normalized spacial score (nSPS) is 11.0. The van der Waals surface area contributed by atoms with E-state index in [-0.39, 0.29) is 10.6 Å². The number of urea groups is 1. The molecule has 2 aromatic carbocycles. The predicted octanol–water partition coefficient (Wildman–Crippen LogP) is 2.61. The van der Waals surface area contributed by atoms with Gasteiger partial charge in [0.25, 0.3) is 10.1 Å². The first-order valence-corrected chi connectivity index (χ1v) is 8.46. The number of hydrogen-bond acceptors (Lipinski definition) is 3. The van der Waals surface area contributed by atoms with E-state index < -0.39 is 16.1 Å². The molecule has 0 aliphatic carbocycles. The van der Waals surface area contributed by atoms with Crippen molar-refractivity contribution >= 4 is 21.8 Å². The van der Waals surface area contributed by atoms with Crippen LogP contribution < -0.4 is 10.6 Å². The Kier molecular flexibility index (Phi) is 5.36. The Morgan fingerprint density at radius 1 is 1.13 bits per heavy atom. The van der Waals surface area contributed by atoms with E-state index in [1.807, 2.05) is 31.2 Å².